The lowest BCUT2D eigenvalue weighted by atomic mass is 10.2. The second-order valence-electron chi connectivity index (χ2n) is 3.51. The number of methoxy groups -OCH3 is 1. The van der Waals surface area contributed by atoms with Crippen LogP contribution in [0.1, 0.15) is 0 Å². The fourth-order valence-corrected chi connectivity index (χ4v) is 1.36. The van der Waals surface area contributed by atoms with Gasteiger partial charge in [-0.25, -0.2) is 0 Å². The number of nitrogen functional groups attached to an aromatic ring is 1. The van der Waals surface area contributed by atoms with E-state index in [2.05, 4.69) is 5.32 Å². The van der Waals surface area contributed by atoms with E-state index >= 15 is 0 Å². The number of anilines is 2. The summed E-state index contributed by atoms with van der Waals surface area (Å²) in [6, 6.07) is 3.82. The average Bonchev–Trinajstić information content (AvgIpc) is 2.30. The topological polar surface area (TPSA) is 111 Å². The molecule has 0 heterocycles. The van der Waals surface area contributed by atoms with Gasteiger partial charge in [0.2, 0.25) is 0 Å². The van der Waals surface area contributed by atoms with E-state index < -0.39 is 4.92 Å². The summed E-state index contributed by atoms with van der Waals surface area (Å²) in [4.78, 5) is 10.00. The molecule has 1 rings (SSSR count). The Kier molecular flexibility index (Phi) is 4.68. The molecule has 1 unspecified atom stereocenters. The van der Waals surface area contributed by atoms with Crippen LogP contribution in [-0.4, -0.2) is 36.4 Å². The van der Waals surface area contributed by atoms with E-state index in [1.165, 1.54) is 25.3 Å². The Morgan fingerprint density at radius 3 is 2.82 bits per heavy atom. The number of ether oxygens (including phenoxy) is 1. The maximum atomic E-state index is 10.5. The Bertz CT molecular complexity index is 397. The fraction of sp³-hybridized carbons (Fsp3) is 0.400. The van der Waals surface area contributed by atoms with Crippen LogP contribution in [0, 0.1) is 10.1 Å². The maximum Gasteiger partial charge on any atom is 0.271 e. The first-order chi connectivity index (χ1) is 8.08. The van der Waals surface area contributed by atoms with Crippen LogP contribution >= 0.6 is 0 Å². The Hall–Kier alpha value is -1.86. The molecule has 0 aliphatic carbocycles. The van der Waals surface area contributed by atoms with Crippen molar-refractivity contribution in [1.82, 2.24) is 0 Å². The number of nitrogens with zero attached hydrogens (tertiary/aromatic N) is 1. The molecule has 0 spiro atoms. The van der Waals surface area contributed by atoms with E-state index in [0.717, 1.165) is 0 Å². The smallest absolute Gasteiger partial charge is 0.271 e. The summed E-state index contributed by atoms with van der Waals surface area (Å²) >= 11 is 0. The highest BCUT2D eigenvalue weighted by Crippen LogP contribution is 2.24. The van der Waals surface area contributed by atoms with Crippen molar-refractivity contribution < 1.29 is 14.8 Å². The quantitative estimate of drug-likeness (QED) is 0.382. The number of rotatable bonds is 6. The van der Waals surface area contributed by atoms with E-state index in [-0.39, 0.29) is 24.0 Å². The van der Waals surface area contributed by atoms with Crippen molar-refractivity contribution >= 4 is 17.1 Å². The zero-order valence-electron chi connectivity index (χ0n) is 9.42. The second-order valence-corrected chi connectivity index (χ2v) is 3.51. The van der Waals surface area contributed by atoms with Crippen molar-refractivity contribution in [2.75, 3.05) is 31.4 Å². The highest BCUT2D eigenvalue weighted by molar-refractivity contribution is 5.69. The largest absolute Gasteiger partial charge is 0.397 e. The summed E-state index contributed by atoms with van der Waals surface area (Å²) in [5, 5.41) is 22.5. The van der Waals surface area contributed by atoms with Gasteiger partial charge in [0.15, 0.2) is 0 Å². The lowest BCUT2D eigenvalue weighted by molar-refractivity contribution is -0.384. The molecule has 1 aromatic carbocycles. The minimum Gasteiger partial charge on any atom is -0.397 e. The number of hydrogen-bond acceptors (Lipinski definition) is 6. The molecule has 1 atom stereocenters. The van der Waals surface area contributed by atoms with Crippen LogP contribution in [0.15, 0.2) is 18.2 Å². The first-order valence-electron chi connectivity index (χ1n) is 4.98. The van der Waals surface area contributed by atoms with E-state index in [0.29, 0.717) is 12.3 Å². The molecule has 94 valence electrons. The van der Waals surface area contributed by atoms with Crippen LogP contribution < -0.4 is 11.1 Å². The Morgan fingerprint density at radius 2 is 2.35 bits per heavy atom. The molecule has 17 heavy (non-hydrogen) atoms. The van der Waals surface area contributed by atoms with Gasteiger partial charge < -0.3 is 20.9 Å². The van der Waals surface area contributed by atoms with E-state index in [4.69, 9.17) is 15.6 Å². The van der Waals surface area contributed by atoms with E-state index in [1.807, 2.05) is 0 Å². The van der Waals surface area contributed by atoms with Gasteiger partial charge in [-0.15, -0.1) is 0 Å². The molecular formula is C10H15N3O4. The third-order valence-corrected chi connectivity index (χ3v) is 2.19. The number of nitrogens with two attached hydrogens (primary N) is 1. The van der Waals surface area contributed by atoms with Crippen molar-refractivity contribution in [3.8, 4) is 0 Å². The summed E-state index contributed by atoms with van der Waals surface area (Å²) in [5.41, 5.74) is 6.39. The number of aliphatic hydroxyl groups excluding tert-OH is 1. The molecule has 0 fully saturated rings. The standard InChI is InChI=1S/C10H15N3O4/c1-17-6-7(5-14)12-10-3-2-8(13(15)16)4-9(10)11/h2-4,7,12,14H,5-6,11H2,1H3. The van der Waals surface area contributed by atoms with Gasteiger partial charge in [-0.05, 0) is 6.07 Å². The SMILES string of the molecule is COCC(CO)Nc1ccc([N+](=O)[O-])cc1N. The number of hydrogen-bond donors (Lipinski definition) is 3. The van der Waals surface area contributed by atoms with Gasteiger partial charge >= 0.3 is 0 Å². The van der Waals surface area contributed by atoms with Crippen LogP contribution in [0.2, 0.25) is 0 Å². The maximum absolute atomic E-state index is 10.5. The molecule has 0 bridgehead atoms. The summed E-state index contributed by atoms with van der Waals surface area (Å²) < 4.78 is 4.90. The number of benzene rings is 1. The molecule has 0 aliphatic rings. The fourth-order valence-electron chi connectivity index (χ4n) is 1.36. The van der Waals surface area contributed by atoms with E-state index in [1.54, 1.807) is 0 Å². The van der Waals surface area contributed by atoms with Crippen molar-refractivity contribution in [2.24, 2.45) is 0 Å². The predicted molar refractivity (Wildman–Crippen MR) is 63.9 cm³/mol. The van der Waals surface area contributed by atoms with Gasteiger partial charge in [0.1, 0.15) is 0 Å². The Labute approximate surface area is 98.3 Å². The van der Waals surface area contributed by atoms with Crippen LogP contribution in [-0.2, 0) is 4.74 Å². The highest BCUT2D eigenvalue weighted by atomic mass is 16.6. The normalized spacial score (nSPS) is 12.1. The molecule has 7 nitrogen and oxygen atoms in total. The number of aliphatic hydroxyl groups is 1. The molecule has 7 heteroatoms. The molecule has 0 amide bonds. The lowest BCUT2D eigenvalue weighted by Crippen LogP contribution is -2.29. The van der Waals surface area contributed by atoms with Crippen molar-refractivity contribution in [3.05, 3.63) is 28.3 Å². The minimum absolute atomic E-state index is 0.0691. The lowest BCUT2D eigenvalue weighted by Gasteiger charge is -2.17. The molecule has 4 N–H and O–H groups in total. The van der Waals surface area contributed by atoms with E-state index in [9.17, 15) is 10.1 Å². The van der Waals surface area contributed by atoms with Crippen LogP contribution in [0.5, 0.6) is 0 Å². The van der Waals surface area contributed by atoms with Crippen molar-refractivity contribution in [2.45, 2.75) is 6.04 Å². The van der Waals surface area contributed by atoms with Crippen molar-refractivity contribution in [3.63, 3.8) is 0 Å². The zero-order chi connectivity index (χ0) is 12.8. The molecule has 0 radical (unpaired) electrons. The average molecular weight is 241 g/mol. The van der Waals surface area contributed by atoms with Crippen LogP contribution in [0.25, 0.3) is 0 Å². The zero-order valence-corrected chi connectivity index (χ0v) is 9.42. The predicted octanol–water partition coefficient (Wildman–Crippen LogP) is 0.596. The minimum atomic E-state index is -0.515. The molecule has 0 saturated carbocycles. The monoisotopic (exact) mass is 241 g/mol. The van der Waals surface area contributed by atoms with Gasteiger partial charge in [-0.1, -0.05) is 0 Å². The Balaban J connectivity index is 2.81. The van der Waals surface area contributed by atoms with Gasteiger partial charge in [-0.2, -0.15) is 0 Å². The highest BCUT2D eigenvalue weighted by Gasteiger charge is 2.12. The first kappa shape index (κ1) is 13.2. The Morgan fingerprint density at radius 1 is 1.65 bits per heavy atom. The van der Waals surface area contributed by atoms with Gasteiger partial charge in [-0.3, -0.25) is 10.1 Å². The summed E-state index contributed by atoms with van der Waals surface area (Å²) in [6.07, 6.45) is 0. The molecular weight excluding hydrogens is 226 g/mol. The molecule has 0 saturated heterocycles. The summed E-state index contributed by atoms with van der Waals surface area (Å²) in [5.74, 6) is 0. The number of nitrogens with one attached hydrogen (secondary N) is 1. The van der Waals surface area contributed by atoms with Crippen molar-refractivity contribution in [1.29, 1.82) is 0 Å². The van der Waals surface area contributed by atoms with Crippen LogP contribution in [0.3, 0.4) is 0 Å². The summed E-state index contributed by atoms with van der Waals surface area (Å²) in [6.45, 7) is 0.192. The van der Waals surface area contributed by atoms with Crippen LogP contribution in [0.4, 0.5) is 17.1 Å². The number of nitro groups is 1. The van der Waals surface area contributed by atoms with Gasteiger partial charge in [0, 0.05) is 19.2 Å². The van der Waals surface area contributed by atoms with Gasteiger partial charge in [0.25, 0.3) is 5.69 Å². The first-order valence-corrected chi connectivity index (χ1v) is 4.98. The summed E-state index contributed by atoms with van der Waals surface area (Å²) in [7, 11) is 1.52. The molecule has 0 aliphatic heterocycles. The number of non-ortho nitro benzene ring substituents is 1. The second kappa shape index (κ2) is 6.02. The number of nitro benzene ring substituents is 1. The molecule has 0 aromatic heterocycles. The third-order valence-electron chi connectivity index (χ3n) is 2.19. The van der Waals surface area contributed by atoms with Gasteiger partial charge in [0.05, 0.1) is 35.6 Å². The third kappa shape index (κ3) is 3.58. The molecule has 1 aromatic rings.